The summed E-state index contributed by atoms with van der Waals surface area (Å²) in [6.45, 7) is 5.27. The standard InChI is InChI=1S/C22H21N3O2S.ClH/c1-3-26-17-9-5-15(6-10-17)19-13-28-22-20(19)21(23-14-24-22)25-16-7-11-18(12-8-16)27-4-2;/h5-14H,3-4H2,1-2H3,(H,23,24,25);1H. The zero-order valence-corrected chi connectivity index (χ0v) is 17.8. The van der Waals surface area contributed by atoms with Gasteiger partial charge in [0.15, 0.2) is 0 Å². The van der Waals surface area contributed by atoms with Crippen molar-refractivity contribution in [3.63, 3.8) is 0 Å². The van der Waals surface area contributed by atoms with Gasteiger partial charge in [0, 0.05) is 16.6 Å². The second kappa shape index (κ2) is 9.58. The predicted molar refractivity (Wildman–Crippen MR) is 122 cm³/mol. The van der Waals surface area contributed by atoms with Crippen molar-refractivity contribution in [2.45, 2.75) is 13.8 Å². The van der Waals surface area contributed by atoms with E-state index in [4.69, 9.17) is 9.47 Å². The number of thiophene rings is 1. The van der Waals surface area contributed by atoms with Gasteiger partial charge in [0.1, 0.15) is 28.5 Å². The van der Waals surface area contributed by atoms with Crippen molar-refractivity contribution in [2.75, 3.05) is 18.5 Å². The summed E-state index contributed by atoms with van der Waals surface area (Å²) in [5.41, 5.74) is 3.17. The average Bonchev–Trinajstić information content (AvgIpc) is 3.16. The number of ether oxygens (including phenoxy) is 2. The Morgan fingerprint density at radius 2 is 1.48 bits per heavy atom. The van der Waals surface area contributed by atoms with E-state index in [-0.39, 0.29) is 12.4 Å². The molecule has 0 aliphatic rings. The first kappa shape index (κ1) is 20.9. The van der Waals surface area contributed by atoms with Crippen LogP contribution in [-0.2, 0) is 0 Å². The summed E-state index contributed by atoms with van der Waals surface area (Å²) in [7, 11) is 0. The van der Waals surface area contributed by atoms with E-state index in [2.05, 4.69) is 32.8 Å². The highest BCUT2D eigenvalue weighted by atomic mass is 35.5. The third kappa shape index (κ3) is 4.60. The molecule has 150 valence electrons. The number of nitrogens with zero attached hydrogens (tertiary/aromatic N) is 2. The van der Waals surface area contributed by atoms with Gasteiger partial charge in [0.05, 0.1) is 18.6 Å². The van der Waals surface area contributed by atoms with Crippen LogP contribution in [0, 0.1) is 0 Å². The molecule has 2 heterocycles. The third-order valence-corrected chi connectivity index (χ3v) is 5.16. The molecule has 4 rings (SSSR count). The van der Waals surface area contributed by atoms with Crippen LogP contribution in [0.2, 0.25) is 0 Å². The maximum absolute atomic E-state index is 5.55. The van der Waals surface area contributed by atoms with Crippen LogP contribution >= 0.6 is 23.7 Å². The lowest BCUT2D eigenvalue weighted by atomic mass is 10.1. The molecule has 5 nitrogen and oxygen atoms in total. The summed E-state index contributed by atoms with van der Waals surface area (Å²) in [5, 5.41) is 6.56. The molecule has 0 fully saturated rings. The van der Waals surface area contributed by atoms with E-state index in [0.717, 1.165) is 44.3 Å². The highest BCUT2D eigenvalue weighted by molar-refractivity contribution is 7.17. The number of aromatic nitrogens is 2. The Labute approximate surface area is 180 Å². The van der Waals surface area contributed by atoms with Gasteiger partial charge in [-0.15, -0.1) is 23.7 Å². The Kier molecular flexibility index (Phi) is 6.90. The average molecular weight is 428 g/mol. The number of hydrogen-bond acceptors (Lipinski definition) is 6. The topological polar surface area (TPSA) is 56.3 Å². The molecule has 2 aromatic heterocycles. The molecule has 0 radical (unpaired) electrons. The first-order valence-corrected chi connectivity index (χ1v) is 10.1. The fourth-order valence-electron chi connectivity index (χ4n) is 3.02. The maximum Gasteiger partial charge on any atom is 0.143 e. The van der Waals surface area contributed by atoms with Gasteiger partial charge in [0.25, 0.3) is 0 Å². The van der Waals surface area contributed by atoms with E-state index in [1.54, 1.807) is 17.7 Å². The summed E-state index contributed by atoms with van der Waals surface area (Å²) in [4.78, 5) is 9.88. The van der Waals surface area contributed by atoms with E-state index in [1.165, 1.54) is 0 Å². The minimum absolute atomic E-state index is 0. The zero-order chi connectivity index (χ0) is 19.3. The van der Waals surface area contributed by atoms with Gasteiger partial charge in [-0.25, -0.2) is 9.97 Å². The Balaban J connectivity index is 0.00000240. The van der Waals surface area contributed by atoms with Gasteiger partial charge in [-0.05, 0) is 55.8 Å². The molecule has 0 aliphatic carbocycles. The molecule has 0 saturated carbocycles. The Bertz CT molecular complexity index is 1070. The normalized spacial score (nSPS) is 10.4. The largest absolute Gasteiger partial charge is 0.494 e. The SMILES string of the molecule is CCOc1ccc(Nc2ncnc3scc(-c4ccc(OCC)cc4)c23)cc1.Cl. The fourth-order valence-corrected chi connectivity index (χ4v) is 3.93. The van der Waals surface area contributed by atoms with Crippen molar-refractivity contribution in [2.24, 2.45) is 0 Å². The Morgan fingerprint density at radius 3 is 2.10 bits per heavy atom. The number of nitrogens with one attached hydrogen (secondary N) is 1. The molecule has 0 amide bonds. The summed E-state index contributed by atoms with van der Waals surface area (Å²) in [6, 6.07) is 16.0. The number of anilines is 2. The van der Waals surface area contributed by atoms with Gasteiger partial charge in [0.2, 0.25) is 0 Å². The number of fused-ring (bicyclic) bond motifs is 1. The van der Waals surface area contributed by atoms with Crippen LogP contribution in [0.5, 0.6) is 11.5 Å². The molecule has 0 spiro atoms. The van der Waals surface area contributed by atoms with Crippen LogP contribution < -0.4 is 14.8 Å². The van der Waals surface area contributed by atoms with E-state index in [0.29, 0.717) is 13.2 Å². The maximum atomic E-state index is 5.55. The van der Waals surface area contributed by atoms with Crippen LogP contribution in [0.3, 0.4) is 0 Å². The highest BCUT2D eigenvalue weighted by Gasteiger charge is 2.13. The molecule has 0 saturated heterocycles. The van der Waals surface area contributed by atoms with Crippen LogP contribution in [0.4, 0.5) is 11.5 Å². The molecule has 0 unspecified atom stereocenters. The Hall–Kier alpha value is -2.83. The molecular weight excluding hydrogens is 406 g/mol. The van der Waals surface area contributed by atoms with Crippen LogP contribution in [0.15, 0.2) is 60.2 Å². The van der Waals surface area contributed by atoms with E-state index in [9.17, 15) is 0 Å². The molecule has 0 atom stereocenters. The quantitative estimate of drug-likeness (QED) is 0.374. The van der Waals surface area contributed by atoms with Crippen LogP contribution in [0.1, 0.15) is 13.8 Å². The summed E-state index contributed by atoms with van der Waals surface area (Å²) in [6.07, 6.45) is 1.59. The molecule has 4 aromatic rings. The van der Waals surface area contributed by atoms with E-state index >= 15 is 0 Å². The first-order valence-electron chi connectivity index (χ1n) is 9.23. The number of hydrogen-bond donors (Lipinski definition) is 1. The van der Waals surface area contributed by atoms with Crippen molar-refractivity contribution in [3.05, 3.63) is 60.2 Å². The van der Waals surface area contributed by atoms with E-state index in [1.807, 2.05) is 50.2 Å². The smallest absolute Gasteiger partial charge is 0.143 e. The minimum Gasteiger partial charge on any atom is -0.494 e. The molecule has 0 aliphatic heterocycles. The second-order valence-electron chi connectivity index (χ2n) is 6.09. The lowest BCUT2D eigenvalue weighted by Crippen LogP contribution is -1.96. The van der Waals surface area contributed by atoms with Crippen molar-refractivity contribution in [1.29, 1.82) is 0 Å². The fraction of sp³-hybridized carbons (Fsp3) is 0.182. The highest BCUT2D eigenvalue weighted by Crippen LogP contribution is 2.38. The molecule has 7 heteroatoms. The van der Waals surface area contributed by atoms with Crippen LogP contribution in [0.25, 0.3) is 21.3 Å². The molecular formula is C22H22ClN3O2S. The summed E-state index contributed by atoms with van der Waals surface area (Å²) >= 11 is 1.61. The van der Waals surface area contributed by atoms with Crippen molar-refractivity contribution in [1.82, 2.24) is 9.97 Å². The summed E-state index contributed by atoms with van der Waals surface area (Å²) in [5.74, 6) is 2.51. The molecule has 29 heavy (non-hydrogen) atoms. The van der Waals surface area contributed by atoms with Crippen molar-refractivity contribution >= 4 is 45.5 Å². The van der Waals surface area contributed by atoms with Gasteiger partial charge >= 0.3 is 0 Å². The Morgan fingerprint density at radius 1 is 0.862 bits per heavy atom. The van der Waals surface area contributed by atoms with Gasteiger partial charge < -0.3 is 14.8 Å². The molecule has 1 N–H and O–H groups in total. The number of rotatable bonds is 7. The second-order valence-corrected chi connectivity index (χ2v) is 6.95. The molecule has 2 aromatic carbocycles. The lowest BCUT2D eigenvalue weighted by Gasteiger charge is -2.10. The third-order valence-electron chi connectivity index (χ3n) is 4.27. The van der Waals surface area contributed by atoms with Gasteiger partial charge in [-0.3, -0.25) is 0 Å². The lowest BCUT2D eigenvalue weighted by molar-refractivity contribution is 0.340. The first-order chi connectivity index (χ1) is 13.8. The predicted octanol–water partition coefficient (Wildman–Crippen LogP) is 6.32. The monoisotopic (exact) mass is 427 g/mol. The summed E-state index contributed by atoms with van der Waals surface area (Å²) < 4.78 is 11.1. The minimum atomic E-state index is 0. The van der Waals surface area contributed by atoms with Crippen LogP contribution in [-0.4, -0.2) is 23.2 Å². The van der Waals surface area contributed by atoms with Crippen molar-refractivity contribution in [3.8, 4) is 22.6 Å². The van der Waals surface area contributed by atoms with Gasteiger partial charge in [-0.2, -0.15) is 0 Å². The van der Waals surface area contributed by atoms with Gasteiger partial charge in [-0.1, -0.05) is 12.1 Å². The molecule has 0 bridgehead atoms. The number of halogens is 1. The number of benzene rings is 2. The zero-order valence-electron chi connectivity index (χ0n) is 16.2. The van der Waals surface area contributed by atoms with E-state index < -0.39 is 0 Å². The van der Waals surface area contributed by atoms with Crippen molar-refractivity contribution < 1.29 is 9.47 Å².